The Morgan fingerprint density at radius 3 is 2.56 bits per heavy atom. The second kappa shape index (κ2) is 9.06. The summed E-state index contributed by atoms with van der Waals surface area (Å²) in [6, 6.07) is 16.6. The number of carbonyl (C=O) groups is 1. The van der Waals surface area contributed by atoms with Crippen LogP contribution in [0.15, 0.2) is 59.8 Å². The van der Waals surface area contributed by atoms with E-state index in [-0.39, 0.29) is 11.9 Å². The van der Waals surface area contributed by atoms with Gasteiger partial charge in [0.25, 0.3) is 0 Å². The molecule has 0 radical (unpaired) electrons. The van der Waals surface area contributed by atoms with Crippen LogP contribution in [0.1, 0.15) is 36.1 Å². The van der Waals surface area contributed by atoms with E-state index in [1.165, 1.54) is 11.8 Å². The molecule has 0 aliphatic rings. The predicted molar refractivity (Wildman–Crippen MR) is 108 cm³/mol. The summed E-state index contributed by atoms with van der Waals surface area (Å²) < 4.78 is 7.91. The maximum Gasteiger partial charge on any atom is 0.191 e. The minimum Gasteiger partial charge on any atom is -0.481 e. The molecule has 0 spiro atoms. The van der Waals surface area contributed by atoms with Gasteiger partial charge >= 0.3 is 0 Å². The second-order valence-corrected chi connectivity index (χ2v) is 7.20. The zero-order chi connectivity index (χ0) is 19.2. The van der Waals surface area contributed by atoms with Crippen molar-refractivity contribution in [3.8, 4) is 5.75 Å². The van der Waals surface area contributed by atoms with Gasteiger partial charge in [0.05, 0.1) is 10.8 Å². The topological polar surface area (TPSA) is 57.0 Å². The third-order valence-corrected chi connectivity index (χ3v) is 5.27. The van der Waals surface area contributed by atoms with E-state index < -0.39 is 0 Å². The van der Waals surface area contributed by atoms with E-state index in [1.54, 1.807) is 6.07 Å². The number of para-hydroxylation sites is 1. The fraction of sp³-hybridized carbons (Fsp3) is 0.250. The first-order valence-electron chi connectivity index (χ1n) is 8.65. The molecule has 3 aromatic rings. The maximum atomic E-state index is 12.3. The summed E-state index contributed by atoms with van der Waals surface area (Å²) in [6.45, 7) is 4.60. The summed E-state index contributed by atoms with van der Waals surface area (Å²) in [7, 11) is 0. The molecule has 0 N–H and O–H groups in total. The summed E-state index contributed by atoms with van der Waals surface area (Å²) in [5, 5.41) is 9.78. The molecule has 1 unspecified atom stereocenters. The van der Waals surface area contributed by atoms with Gasteiger partial charge in [-0.15, -0.1) is 10.2 Å². The van der Waals surface area contributed by atoms with Crippen LogP contribution >= 0.6 is 23.4 Å². The van der Waals surface area contributed by atoms with Crippen LogP contribution in [-0.2, 0) is 6.54 Å². The van der Waals surface area contributed by atoms with Crippen LogP contribution in [0.4, 0.5) is 0 Å². The van der Waals surface area contributed by atoms with Crippen molar-refractivity contribution in [1.82, 2.24) is 14.8 Å². The smallest absolute Gasteiger partial charge is 0.191 e. The van der Waals surface area contributed by atoms with Gasteiger partial charge in [-0.25, -0.2) is 0 Å². The normalized spacial score (nSPS) is 12.0. The zero-order valence-corrected chi connectivity index (χ0v) is 16.7. The van der Waals surface area contributed by atoms with E-state index in [1.807, 2.05) is 66.9 Å². The fourth-order valence-electron chi connectivity index (χ4n) is 2.63. The summed E-state index contributed by atoms with van der Waals surface area (Å²) in [5.41, 5.74) is 0.697. The highest BCUT2D eigenvalue weighted by Gasteiger charge is 2.20. The first kappa shape index (κ1) is 19.5. The molecule has 5 nitrogen and oxygen atoms in total. The second-order valence-electron chi connectivity index (χ2n) is 5.85. The highest BCUT2D eigenvalue weighted by atomic mass is 35.5. The number of benzene rings is 2. The molecule has 2 aromatic carbocycles. The Morgan fingerprint density at radius 1 is 1.15 bits per heavy atom. The molecule has 0 bridgehead atoms. The SMILES string of the molecule is CCn1c(SCC(=O)c2ccccc2)nnc1C(C)Oc1ccccc1Cl. The first-order valence-corrected chi connectivity index (χ1v) is 10.0. The summed E-state index contributed by atoms with van der Waals surface area (Å²) in [5.74, 6) is 1.67. The van der Waals surface area contributed by atoms with Crippen LogP contribution in [0.2, 0.25) is 5.02 Å². The van der Waals surface area contributed by atoms with Gasteiger partial charge in [0.2, 0.25) is 0 Å². The Morgan fingerprint density at radius 2 is 1.85 bits per heavy atom. The Kier molecular flexibility index (Phi) is 6.53. The number of nitrogens with zero attached hydrogens (tertiary/aromatic N) is 3. The minimum absolute atomic E-state index is 0.0631. The number of ketones is 1. The highest BCUT2D eigenvalue weighted by Crippen LogP contribution is 2.29. The van der Waals surface area contributed by atoms with E-state index in [2.05, 4.69) is 10.2 Å². The van der Waals surface area contributed by atoms with E-state index in [4.69, 9.17) is 16.3 Å². The molecule has 0 saturated carbocycles. The van der Waals surface area contributed by atoms with E-state index >= 15 is 0 Å². The lowest BCUT2D eigenvalue weighted by Gasteiger charge is -2.16. The molecule has 1 aromatic heterocycles. The quantitative estimate of drug-likeness (QED) is 0.389. The Bertz CT molecular complexity index is 915. The number of hydrogen-bond acceptors (Lipinski definition) is 5. The van der Waals surface area contributed by atoms with Crippen molar-refractivity contribution in [3.05, 3.63) is 71.0 Å². The molecular weight excluding hydrogens is 382 g/mol. The lowest BCUT2D eigenvalue weighted by Crippen LogP contribution is -2.12. The molecule has 0 aliphatic carbocycles. The van der Waals surface area contributed by atoms with Gasteiger partial charge in [-0.2, -0.15) is 0 Å². The van der Waals surface area contributed by atoms with Gasteiger partial charge < -0.3 is 9.30 Å². The number of aromatic nitrogens is 3. The van der Waals surface area contributed by atoms with Crippen molar-refractivity contribution < 1.29 is 9.53 Å². The van der Waals surface area contributed by atoms with Gasteiger partial charge in [-0.05, 0) is 26.0 Å². The molecular formula is C20H20ClN3O2S. The Labute approximate surface area is 167 Å². The number of ether oxygens (including phenoxy) is 1. The molecule has 140 valence electrons. The van der Waals surface area contributed by atoms with Gasteiger partial charge in [-0.3, -0.25) is 4.79 Å². The zero-order valence-electron chi connectivity index (χ0n) is 15.1. The Hall–Kier alpha value is -2.31. The summed E-state index contributed by atoms with van der Waals surface area (Å²) >= 11 is 7.55. The van der Waals surface area contributed by atoms with Crippen LogP contribution < -0.4 is 4.74 Å². The average Bonchev–Trinajstić information content (AvgIpc) is 3.11. The number of hydrogen-bond donors (Lipinski definition) is 0. The third kappa shape index (κ3) is 4.70. The van der Waals surface area contributed by atoms with Crippen molar-refractivity contribution in [2.24, 2.45) is 0 Å². The van der Waals surface area contributed by atoms with Crippen molar-refractivity contribution in [2.45, 2.75) is 31.7 Å². The first-order chi connectivity index (χ1) is 13.1. The third-order valence-electron chi connectivity index (χ3n) is 3.99. The van der Waals surface area contributed by atoms with Gasteiger partial charge in [0, 0.05) is 12.1 Å². The number of rotatable bonds is 8. The van der Waals surface area contributed by atoms with Crippen LogP contribution in [-0.4, -0.2) is 26.3 Å². The van der Waals surface area contributed by atoms with E-state index in [0.717, 1.165) is 0 Å². The molecule has 3 rings (SSSR count). The maximum absolute atomic E-state index is 12.3. The van der Waals surface area contributed by atoms with Crippen molar-refractivity contribution in [3.63, 3.8) is 0 Å². The minimum atomic E-state index is -0.323. The molecule has 7 heteroatoms. The lowest BCUT2D eigenvalue weighted by molar-refractivity contribution is 0.102. The van der Waals surface area contributed by atoms with Crippen LogP contribution in [0, 0.1) is 0 Å². The number of thioether (sulfide) groups is 1. The number of Topliss-reactive ketones (excluding diaryl/α,β-unsaturated/α-hetero) is 1. The Balaban J connectivity index is 1.71. The van der Waals surface area contributed by atoms with Gasteiger partial charge in [-0.1, -0.05) is 65.8 Å². The van der Waals surface area contributed by atoms with Gasteiger partial charge in [0.1, 0.15) is 5.75 Å². The molecule has 0 amide bonds. The highest BCUT2D eigenvalue weighted by molar-refractivity contribution is 7.99. The monoisotopic (exact) mass is 401 g/mol. The molecule has 0 aliphatic heterocycles. The van der Waals surface area contributed by atoms with E-state index in [9.17, 15) is 4.79 Å². The largest absolute Gasteiger partial charge is 0.481 e. The summed E-state index contributed by atoms with van der Waals surface area (Å²) in [4.78, 5) is 12.3. The van der Waals surface area contributed by atoms with Crippen molar-refractivity contribution in [1.29, 1.82) is 0 Å². The molecule has 0 fully saturated rings. The van der Waals surface area contributed by atoms with Gasteiger partial charge in [0.15, 0.2) is 22.9 Å². The van der Waals surface area contributed by atoms with Crippen molar-refractivity contribution in [2.75, 3.05) is 5.75 Å². The standard InChI is InChI=1S/C20H20ClN3O2S/c1-3-24-19(14(2)26-18-12-8-7-11-16(18)21)22-23-20(24)27-13-17(25)15-9-5-4-6-10-15/h4-12,14H,3,13H2,1-2H3. The molecule has 1 atom stereocenters. The fourth-order valence-corrected chi connectivity index (χ4v) is 3.71. The molecule has 1 heterocycles. The van der Waals surface area contributed by atoms with Crippen LogP contribution in [0.5, 0.6) is 5.75 Å². The average molecular weight is 402 g/mol. The summed E-state index contributed by atoms with van der Waals surface area (Å²) in [6.07, 6.45) is -0.323. The number of carbonyl (C=O) groups excluding carboxylic acids is 1. The van der Waals surface area contributed by atoms with Crippen LogP contribution in [0.25, 0.3) is 0 Å². The van der Waals surface area contributed by atoms with Crippen LogP contribution in [0.3, 0.4) is 0 Å². The predicted octanol–water partition coefficient (Wildman–Crippen LogP) is 5.07. The molecule has 0 saturated heterocycles. The van der Waals surface area contributed by atoms with E-state index in [0.29, 0.717) is 39.6 Å². The molecule has 27 heavy (non-hydrogen) atoms. The van der Waals surface area contributed by atoms with Crippen molar-refractivity contribution >= 4 is 29.1 Å². The number of halogens is 1. The lowest BCUT2D eigenvalue weighted by atomic mass is 10.2.